The molecule has 2 heteroatoms. The highest BCUT2D eigenvalue weighted by Gasteiger charge is 1.95. The fourth-order valence-corrected chi connectivity index (χ4v) is 0.744. The van der Waals surface area contributed by atoms with Crippen LogP contribution in [0.1, 0.15) is 6.92 Å². The minimum atomic E-state index is -0.572. The van der Waals surface area contributed by atoms with Crippen molar-refractivity contribution in [1.29, 1.82) is 0 Å². The van der Waals surface area contributed by atoms with E-state index in [1.54, 1.807) is 0 Å². The van der Waals surface area contributed by atoms with Crippen LogP contribution in [0, 0.1) is 0 Å². The first-order valence-corrected chi connectivity index (χ1v) is 5.72. The van der Waals surface area contributed by atoms with Crippen LogP contribution in [0.15, 0.2) is 17.3 Å². The van der Waals surface area contributed by atoms with Gasteiger partial charge in [-0.05, 0) is 25.7 Å². The first-order chi connectivity index (χ1) is 3.92. The lowest BCUT2D eigenvalue weighted by molar-refractivity contribution is 1.35. The van der Waals surface area contributed by atoms with Gasteiger partial charge in [-0.2, -0.15) is 0 Å². The molecule has 0 bridgehead atoms. The Morgan fingerprint density at radius 3 is 2.00 bits per heavy atom. The summed E-state index contributed by atoms with van der Waals surface area (Å²) < 4.78 is 0. The molecule has 0 atom stereocenters. The summed E-state index contributed by atoms with van der Waals surface area (Å²) >= 11 is 0. The second kappa shape index (κ2) is 3.06. The highest BCUT2D eigenvalue weighted by molar-refractivity contribution is 8.42. The van der Waals surface area contributed by atoms with Crippen molar-refractivity contribution >= 4 is 15.6 Å². The molecule has 0 amide bonds. The quantitative estimate of drug-likeness (QED) is 0.417. The van der Waals surface area contributed by atoms with E-state index >= 15 is 0 Å². The SMILES string of the molecule is C=C(C)N=CS(C)(C)C. The average molecular weight is 145 g/mol. The summed E-state index contributed by atoms with van der Waals surface area (Å²) in [6.07, 6.45) is 6.58. The molecular weight excluding hydrogens is 130 g/mol. The van der Waals surface area contributed by atoms with Crippen molar-refractivity contribution in [1.82, 2.24) is 0 Å². The molecule has 0 saturated carbocycles. The molecule has 0 aromatic heterocycles. The third-order valence-electron chi connectivity index (χ3n) is 0.589. The minimum Gasteiger partial charge on any atom is -0.257 e. The summed E-state index contributed by atoms with van der Waals surface area (Å²) in [7, 11) is -0.572. The summed E-state index contributed by atoms with van der Waals surface area (Å²) in [6, 6.07) is 0. The Kier molecular flexibility index (Phi) is 2.98. The van der Waals surface area contributed by atoms with Gasteiger partial charge in [0.25, 0.3) is 0 Å². The topological polar surface area (TPSA) is 12.4 Å². The molecule has 1 nitrogen and oxygen atoms in total. The molecule has 0 aliphatic rings. The predicted molar refractivity (Wildman–Crippen MR) is 48.7 cm³/mol. The Morgan fingerprint density at radius 1 is 1.44 bits per heavy atom. The molecule has 54 valence electrons. The Morgan fingerprint density at radius 2 is 1.89 bits per heavy atom. The van der Waals surface area contributed by atoms with Gasteiger partial charge in [0.2, 0.25) is 0 Å². The van der Waals surface area contributed by atoms with Crippen LogP contribution in [0.3, 0.4) is 0 Å². The maximum Gasteiger partial charge on any atom is 0.0422 e. The third-order valence-corrected chi connectivity index (χ3v) is 1.33. The molecule has 0 heterocycles. The van der Waals surface area contributed by atoms with Crippen molar-refractivity contribution in [3.8, 4) is 0 Å². The van der Waals surface area contributed by atoms with E-state index in [1.165, 1.54) is 0 Å². The van der Waals surface area contributed by atoms with Gasteiger partial charge < -0.3 is 0 Å². The number of hydrogen-bond acceptors (Lipinski definition) is 1. The van der Waals surface area contributed by atoms with Gasteiger partial charge in [0, 0.05) is 11.2 Å². The van der Waals surface area contributed by atoms with Gasteiger partial charge in [0.1, 0.15) is 0 Å². The second-order valence-electron chi connectivity index (χ2n) is 2.90. The molecule has 0 rings (SSSR count). The first-order valence-electron chi connectivity index (χ1n) is 2.80. The van der Waals surface area contributed by atoms with Crippen molar-refractivity contribution in [3.63, 3.8) is 0 Å². The second-order valence-corrected chi connectivity index (χ2v) is 6.98. The highest BCUT2D eigenvalue weighted by atomic mass is 32.3. The largest absolute Gasteiger partial charge is 0.257 e. The monoisotopic (exact) mass is 145 g/mol. The van der Waals surface area contributed by atoms with Crippen molar-refractivity contribution in [3.05, 3.63) is 12.3 Å². The van der Waals surface area contributed by atoms with E-state index in [1.807, 2.05) is 12.5 Å². The average Bonchev–Trinajstić information content (AvgIpc) is 1.59. The molecule has 9 heavy (non-hydrogen) atoms. The molecule has 0 unspecified atom stereocenters. The summed E-state index contributed by atoms with van der Waals surface area (Å²) in [5.41, 5.74) is 2.88. The number of nitrogens with zero attached hydrogens (tertiary/aromatic N) is 1. The fraction of sp³-hybridized carbons (Fsp3) is 0.571. The van der Waals surface area contributed by atoms with Crippen molar-refractivity contribution in [2.24, 2.45) is 4.99 Å². The van der Waals surface area contributed by atoms with Crippen LogP contribution in [-0.4, -0.2) is 24.3 Å². The van der Waals surface area contributed by atoms with Crippen molar-refractivity contribution in [2.75, 3.05) is 18.8 Å². The zero-order valence-corrected chi connectivity index (χ0v) is 7.46. The van der Waals surface area contributed by atoms with Crippen LogP contribution >= 0.6 is 10.0 Å². The van der Waals surface area contributed by atoms with Gasteiger partial charge in [-0.25, -0.2) is 10.0 Å². The summed E-state index contributed by atoms with van der Waals surface area (Å²) in [6.45, 7) is 5.58. The molecule has 0 fully saturated rings. The lowest BCUT2D eigenvalue weighted by Gasteiger charge is -2.17. The molecule has 0 radical (unpaired) electrons. The van der Waals surface area contributed by atoms with Crippen molar-refractivity contribution in [2.45, 2.75) is 6.92 Å². The molecule has 0 aromatic carbocycles. The standard InChI is InChI=1S/C7H15NS/c1-7(2)8-6-9(3,4)5/h6H,1H2,2-5H3. The van der Waals surface area contributed by atoms with Crippen molar-refractivity contribution < 1.29 is 0 Å². The fourth-order valence-electron chi connectivity index (χ4n) is 0.248. The van der Waals surface area contributed by atoms with Gasteiger partial charge in [0.05, 0.1) is 0 Å². The Hall–Kier alpha value is -0.240. The van der Waals surface area contributed by atoms with Crippen LogP contribution in [0.5, 0.6) is 0 Å². The number of aliphatic imine (C=N–C) groups is 1. The number of allylic oxidation sites excluding steroid dienone is 1. The van der Waals surface area contributed by atoms with E-state index in [4.69, 9.17) is 0 Å². The van der Waals surface area contributed by atoms with Crippen LogP contribution in [0.4, 0.5) is 0 Å². The molecular formula is C7H15NS. The third kappa shape index (κ3) is 7.76. The maximum absolute atomic E-state index is 4.11. The summed E-state index contributed by atoms with van der Waals surface area (Å²) in [5.74, 6) is 0. The van der Waals surface area contributed by atoms with Crippen LogP contribution in [-0.2, 0) is 0 Å². The first kappa shape index (κ1) is 8.76. The van der Waals surface area contributed by atoms with Gasteiger partial charge in [0.15, 0.2) is 0 Å². The van der Waals surface area contributed by atoms with E-state index in [-0.39, 0.29) is 0 Å². The van der Waals surface area contributed by atoms with Gasteiger partial charge in [-0.1, -0.05) is 6.58 Å². The van der Waals surface area contributed by atoms with Crippen LogP contribution in [0.2, 0.25) is 0 Å². The Labute approximate surface area is 59.2 Å². The van der Waals surface area contributed by atoms with Gasteiger partial charge in [-0.15, -0.1) is 0 Å². The van der Waals surface area contributed by atoms with E-state index in [0.29, 0.717) is 0 Å². The number of hydrogen-bond donors (Lipinski definition) is 0. The highest BCUT2D eigenvalue weighted by Crippen LogP contribution is 2.30. The summed E-state index contributed by atoms with van der Waals surface area (Å²) in [5, 5.41) is 0. The smallest absolute Gasteiger partial charge is 0.0422 e. The predicted octanol–water partition coefficient (Wildman–Crippen LogP) is 2.24. The molecule has 0 aromatic rings. The molecule has 0 spiro atoms. The maximum atomic E-state index is 4.11. The van der Waals surface area contributed by atoms with Gasteiger partial charge >= 0.3 is 0 Å². The summed E-state index contributed by atoms with van der Waals surface area (Å²) in [4.78, 5) is 4.11. The molecule has 0 aliphatic heterocycles. The van der Waals surface area contributed by atoms with E-state index in [9.17, 15) is 0 Å². The minimum absolute atomic E-state index is 0.572. The van der Waals surface area contributed by atoms with Crippen LogP contribution in [0.25, 0.3) is 0 Å². The molecule has 0 saturated heterocycles. The number of rotatable bonds is 2. The lowest BCUT2D eigenvalue weighted by atomic mass is 10.6. The molecule has 0 aliphatic carbocycles. The van der Waals surface area contributed by atoms with E-state index in [2.05, 4.69) is 30.3 Å². The lowest BCUT2D eigenvalue weighted by Crippen LogP contribution is -1.91. The Bertz CT molecular complexity index is 130. The zero-order chi connectivity index (χ0) is 7.49. The van der Waals surface area contributed by atoms with E-state index < -0.39 is 10.0 Å². The zero-order valence-electron chi connectivity index (χ0n) is 6.64. The van der Waals surface area contributed by atoms with E-state index in [0.717, 1.165) is 5.70 Å². The van der Waals surface area contributed by atoms with Crippen LogP contribution < -0.4 is 0 Å². The van der Waals surface area contributed by atoms with Gasteiger partial charge in [-0.3, -0.25) is 4.99 Å². The molecule has 0 N–H and O–H groups in total. The Balaban J connectivity index is 3.86. The normalized spacial score (nSPS) is 14.2.